The fourth-order valence-electron chi connectivity index (χ4n) is 1.21. The Morgan fingerprint density at radius 1 is 1.64 bits per heavy atom. The molecule has 0 aromatic heterocycles. The normalized spacial score (nSPS) is 9.43. The lowest BCUT2D eigenvalue weighted by Gasteiger charge is -2.06. The van der Waals surface area contributed by atoms with Gasteiger partial charge in [0.05, 0.1) is 17.4 Å². The van der Waals surface area contributed by atoms with Gasteiger partial charge in [0.1, 0.15) is 7.85 Å². The average molecular weight is 186 g/mol. The zero-order chi connectivity index (χ0) is 10.7. The minimum absolute atomic E-state index is 0.0379. The van der Waals surface area contributed by atoms with E-state index in [1.54, 1.807) is 13.0 Å². The van der Waals surface area contributed by atoms with E-state index in [9.17, 15) is 10.1 Å². The molecule has 1 rings (SSSR count). The lowest BCUT2D eigenvalue weighted by Crippen LogP contribution is -2.16. The Kier molecular flexibility index (Phi) is 2.87. The number of nitro groups is 1. The van der Waals surface area contributed by atoms with Crippen LogP contribution in [0.2, 0.25) is 0 Å². The Balaban J connectivity index is 3.39. The lowest BCUT2D eigenvalue weighted by molar-refractivity contribution is -0.385. The van der Waals surface area contributed by atoms with E-state index in [2.05, 4.69) is 0 Å². The second kappa shape index (κ2) is 3.92. The van der Waals surface area contributed by atoms with E-state index in [1.807, 2.05) is 6.07 Å². The Labute approximate surface area is 82.7 Å². The molecule has 0 aliphatic heterocycles. The molecule has 0 spiro atoms. The Hall–Kier alpha value is -1.83. The summed E-state index contributed by atoms with van der Waals surface area (Å²) in [5.74, 6) is 0. The molecule has 0 saturated carbocycles. The van der Waals surface area contributed by atoms with Crippen molar-refractivity contribution >= 4 is 19.0 Å². The van der Waals surface area contributed by atoms with Crippen LogP contribution in [0.3, 0.4) is 0 Å². The van der Waals surface area contributed by atoms with E-state index in [4.69, 9.17) is 13.1 Å². The highest BCUT2D eigenvalue weighted by molar-refractivity contribution is 6.34. The molecule has 2 radical (unpaired) electrons. The molecule has 0 atom stereocenters. The molecule has 14 heavy (non-hydrogen) atoms. The molecule has 0 heterocycles. The van der Waals surface area contributed by atoms with Crippen LogP contribution < -0.4 is 5.46 Å². The molecule has 0 saturated heterocycles. The van der Waals surface area contributed by atoms with E-state index in [0.717, 1.165) is 5.56 Å². The molecule has 0 unspecified atom stereocenters. The first-order valence-corrected chi connectivity index (χ1v) is 3.97. The largest absolute Gasteiger partial charge is 0.273 e. The minimum atomic E-state index is -0.525. The molecule has 0 aliphatic rings. The van der Waals surface area contributed by atoms with Crippen LogP contribution in [-0.2, 0) is 6.42 Å². The molecule has 0 amide bonds. The quantitative estimate of drug-likeness (QED) is 0.389. The number of nitriles is 1. The van der Waals surface area contributed by atoms with Gasteiger partial charge in [-0.1, -0.05) is 17.1 Å². The van der Waals surface area contributed by atoms with Crippen molar-refractivity contribution in [1.29, 1.82) is 5.26 Å². The summed E-state index contributed by atoms with van der Waals surface area (Å²) in [6.45, 7) is 1.75. The topological polar surface area (TPSA) is 66.9 Å². The molecular formula is C9H7BN2O2. The van der Waals surface area contributed by atoms with Gasteiger partial charge < -0.3 is 0 Å². The molecule has 5 heteroatoms. The van der Waals surface area contributed by atoms with Crippen molar-refractivity contribution < 1.29 is 4.92 Å². The lowest BCUT2D eigenvalue weighted by atomic mass is 9.84. The molecule has 0 bridgehead atoms. The summed E-state index contributed by atoms with van der Waals surface area (Å²) in [7, 11) is 5.65. The monoisotopic (exact) mass is 186 g/mol. The van der Waals surface area contributed by atoms with E-state index in [1.165, 1.54) is 6.07 Å². The number of hydrogen-bond donors (Lipinski definition) is 0. The molecule has 1 aromatic carbocycles. The van der Waals surface area contributed by atoms with Crippen LogP contribution in [-0.4, -0.2) is 12.8 Å². The number of nitrogens with zero attached hydrogens (tertiary/aromatic N) is 2. The summed E-state index contributed by atoms with van der Waals surface area (Å²) in [5, 5.41) is 19.1. The van der Waals surface area contributed by atoms with E-state index in [0.29, 0.717) is 11.0 Å². The summed E-state index contributed by atoms with van der Waals surface area (Å²) in [4.78, 5) is 10.1. The van der Waals surface area contributed by atoms with Gasteiger partial charge in [0, 0.05) is 11.6 Å². The van der Waals surface area contributed by atoms with Crippen LogP contribution >= 0.6 is 0 Å². The second-order valence-corrected chi connectivity index (χ2v) is 2.89. The number of aryl methyl sites for hydroxylation is 1. The zero-order valence-electron chi connectivity index (χ0n) is 7.65. The maximum Gasteiger partial charge on any atom is 0.273 e. The summed E-state index contributed by atoms with van der Waals surface area (Å²) >= 11 is 0. The van der Waals surface area contributed by atoms with Gasteiger partial charge in [-0.2, -0.15) is 5.26 Å². The first kappa shape index (κ1) is 10.3. The minimum Gasteiger partial charge on any atom is -0.258 e. The number of hydrogen-bond acceptors (Lipinski definition) is 3. The summed E-state index contributed by atoms with van der Waals surface area (Å²) < 4.78 is 0. The van der Waals surface area contributed by atoms with Crippen LogP contribution in [0.25, 0.3) is 0 Å². The maximum absolute atomic E-state index is 10.6. The first-order valence-electron chi connectivity index (χ1n) is 3.97. The Bertz CT molecular complexity index is 424. The zero-order valence-corrected chi connectivity index (χ0v) is 7.65. The number of rotatable bonds is 2. The molecule has 4 nitrogen and oxygen atoms in total. The fraction of sp³-hybridized carbons (Fsp3) is 0.222. The van der Waals surface area contributed by atoms with Crippen LogP contribution in [0.5, 0.6) is 0 Å². The number of nitro benzene ring substituents is 1. The maximum atomic E-state index is 10.6. The Morgan fingerprint density at radius 3 is 2.79 bits per heavy atom. The molecule has 1 aromatic rings. The second-order valence-electron chi connectivity index (χ2n) is 2.89. The van der Waals surface area contributed by atoms with Gasteiger partial charge in [0.2, 0.25) is 0 Å². The van der Waals surface area contributed by atoms with Crippen LogP contribution in [0, 0.1) is 28.4 Å². The van der Waals surface area contributed by atoms with Crippen molar-refractivity contribution in [3.05, 3.63) is 33.4 Å². The van der Waals surface area contributed by atoms with Gasteiger partial charge in [-0.15, -0.1) is 0 Å². The fourth-order valence-corrected chi connectivity index (χ4v) is 1.21. The van der Waals surface area contributed by atoms with Crippen molar-refractivity contribution in [2.45, 2.75) is 13.3 Å². The van der Waals surface area contributed by atoms with E-state index >= 15 is 0 Å². The highest BCUT2D eigenvalue weighted by atomic mass is 16.6. The van der Waals surface area contributed by atoms with Crippen molar-refractivity contribution in [3.8, 4) is 6.07 Å². The van der Waals surface area contributed by atoms with Crippen LogP contribution in [0.1, 0.15) is 11.1 Å². The van der Waals surface area contributed by atoms with Crippen molar-refractivity contribution in [2.75, 3.05) is 0 Å². The van der Waals surface area contributed by atoms with Crippen LogP contribution in [0.4, 0.5) is 5.69 Å². The van der Waals surface area contributed by atoms with E-state index in [-0.39, 0.29) is 12.1 Å². The Morgan fingerprint density at radius 2 is 2.29 bits per heavy atom. The third kappa shape index (κ3) is 1.74. The van der Waals surface area contributed by atoms with Crippen molar-refractivity contribution in [3.63, 3.8) is 0 Å². The molecule has 0 aliphatic carbocycles. The van der Waals surface area contributed by atoms with Gasteiger partial charge in [0.15, 0.2) is 0 Å². The summed E-state index contributed by atoms with van der Waals surface area (Å²) in [5.41, 5.74) is 1.30. The van der Waals surface area contributed by atoms with Crippen molar-refractivity contribution in [1.82, 2.24) is 0 Å². The number of benzene rings is 1. The molecular weight excluding hydrogens is 179 g/mol. The average Bonchev–Trinajstić information content (AvgIpc) is 2.13. The third-order valence-corrected chi connectivity index (χ3v) is 2.00. The molecule has 0 fully saturated rings. The van der Waals surface area contributed by atoms with Crippen LogP contribution in [0.15, 0.2) is 12.1 Å². The smallest absolute Gasteiger partial charge is 0.258 e. The van der Waals surface area contributed by atoms with E-state index < -0.39 is 4.92 Å². The highest BCUT2D eigenvalue weighted by Gasteiger charge is 2.15. The SMILES string of the molecule is [B]c1c(C)ccc([N+](=O)[O-])c1CC#N. The summed E-state index contributed by atoms with van der Waals surface area (Å²) in [6, 6.07) is 4.81. The molecule has 0 N–H and O–H groups in total. The van der Waals surface area contributed by atoms with Crippen molar-refractivity contribution in [2.24, 2.45) is 0 Å². The highest BCUT2D eigenvalue weighted by Crippen LogP contribution is 2.17. The predicted octanol–water partition coefficient (Wildman–Crippen LogP) is 0.763. The van der Waals surface area contributed by atoms with Gasteiger partial charge in [-0.3, -0.25) is 10.1 Å². The van der Waals surface area contributed by atoms with Gasteiger partial charge in [0.25, 0.3) is 5.69 Å². The third-order valence-electron chi connectivity index (χ3n) is 2.00. The first-order chi connectivity index (χ1) is 6.57. The molecule has 68 valence electrons. The summed E-state index contributed by atoms with van der Waals surface area (Å²) in [6.07, 6.45) is -0.0379. The predicted molar refractivity (Wildman–Crippen MR) is 52.5 cm³/mol. The standard InChI is InChI=1S/C9H7BN2O2/c1-6-2-3-8(12(13)14)7(4-5-11)9(6)10/h2-3H,4H2,1H3. The van der Waals surface area contributed by atoms with Gasteiger partial charge >= 0.3 is 0 Å². The van der Waals surface area contributed by atoms with Gasteiger partial charge in [-0.05, 0) is 6.92 Å². The van der Waals surface area contributed by atoms with Gasteiger partial charge in [-0.25, -0.2) is 0 Å².